The second kappa shape index (κ2) is 7.33. The summed E-state index contributed by atoms with van der Waals surface area (Å²) >= 11 is 0. The van der Waals surface area contributed by atoms with Gasteiger partial charge in [0.2, 0.25) is 0 Å². The van der Waals surface area contributed by atoms with Crippen LogP contribution in [0.15, 0.2) is 24.3 Å². The number of likely N-dealkylation sites (N-methyl/N-ethyl adjacent to an activating group) is 1. The molecule has 6 nitrogen and oxygen atoms in total. The number of ketones is 1. The normalized spacial score (nSPS) is 15.2. The van der Waals surface area contributed by atoms with Crippen molar-refractivity contribution in [1.82, 2.24) is 9.88 Å². The van der Waals surface area contributed by atoms with E-state index in [-0.39, 0.29) is 11.7 Å². The maximum atomic E-state index is 12.6. The van der Waals surface area contributed by atoms with Crippen LogP contribution in [0, 0.1) is 13.8 Å². The minimum atomic E-state index is -0.231. The van der Waals surface area contributed by atoms with E-state index < -0.39 is 0 Å². The average molecular weight is 354 g/mol. The van der Waals surface area contributed by atoms with Crippen LogP contribution in [0.3, 0.4) is 0 Å². The Bertz CT molecular complexity index is 815. The summed E-state index contributed by atoms with van der Waals surface area (Å²) in [5.74, 6) is -0.266. The van der Waals surface area contributed by atoms with E-state index in [0.29, 0.717) is 16.8 Å². The largest absolute Gasteiger partial charge is 0.369 e. The third-order valence-electron chi connectivity index (χ3n) is 5.01. The number of nitrogens with one attached hydrogen (secondary N) is 2. The van der Waals surface area contributed by atoms with Crippen molar-refractivity contribution in [2.24, 2.45) is 0 Å². The van der Waals surface area contributed by atoms with Crippen LogP contribution in [-0.4, -0.2) is 54.8 Å². The number of Topliss-reactive ketones (excluding diaryl/α,β-unsaturated/α-hetero) is 1. The predicted octanol–water partition coefficient (Wildman–Crippen LogP) is 2.84. The van der Waals surface area contributed by atoms with Crippen molar-refractivity contribution >= 4 is 23.1 Å². The van der Waals surface area contributed by atoms with E-state index in [0.717, 1.165) is 37.6 Å². The number of aromatic nitrogens is 1. The fraction of sp³-hybridized carbons (Fsp3) is 0.400. The summed E-state index contributed by atoms with van der Waals surface area (Å²) in [6, 6.07) is 7.91. The van der Waals surface area contributed by atoms with Crippen LogP contribution in [-0.2, 0) is 0 Å². The molecule has 26 heavy (non-hydrogen) atoms. The molecule has 1 aromatic carbocycles. The number of hydrogen-bond donors (Lipinski definition) is 2. The number of anilines is 2. The molecule has 2 aromatic rings. The predicted molar refractivity (Wildman–Crippen MR) is 104 cm³/mol. The van der Waals surface area contributed by atoms with Crippen molar-refractivity contribution in [3.63, 3.8) is 0 Å². The highest BCUT2D eigenvalue weighted by Crippen LogP contribution is 2.22. The highest BCUT2D eigenvalue weighted by Gasteiger charge is 2.20. The Morgan fingerprint density at radius 3 is 2.19 bits per heavy atom. The molecule has 6 heteroatoms. The molecule has 0 radical (unpaired) electrons. The molecule has 0 spiro atoms. The van der Waals surface area contributed by atoms with Crippen LogP contribution in [0.2, 0.25) is 0 Å². The summed E-state index contributed by atoms with van der Waals surface area (Å²) in [7, 11) is 2.14. The summed E-state index contributed by atoms with van der Waals surface area (Å²) in [4.78, 5) is 32.0. The van der Waals surface area contributed by atoms with Gasteiger partial charge in [-0.25, -0.2) is 0 Å². The van der Waals surface area contributed by atoms with Crippen molar-refractivity contribution in [1.29, 1.82) is 0 Å². The van der Waals surface area contributed by atoms with Crippen LogP contribution in [0.1, 0.15) is 39.0 Å². The van der Waals surface area contributed by atoms with E-state index in [2.05, 4.69) is 27.1 Å². The highest BCUT2D eigenvalue weighted by molar-refractivity contribution is 6.07. The number of aryl methyl sites for hydroxylation is 1. The fourth-order valence-electron chi connectivity index (χ4n) is 3.52. The molecule has 0 unspecified atom stereocenters. The van der Waals surface area contributed by atoms with Gasteiger partial charge in [0.25, 0.3) is 5.91 Å². The summed E-state index contributed by atoms with van der Waals surface area (Å²) < 4.78 is 0. The van der Waals surface area contributed by atoms with Crippen LogP contribution in [0.5, 0.6) is 0 Å². The second-order valence-corrected chi connectivity index (χ2v) is 6.97. The number of rotatable bonds is 4. The zero-order valence-electron chi connectivity index (χ0n) is 15.8. The lowest BCUT2D eigenvalue weighted by Crippen LogP contribution is -2.44. The number of hydrogen-bond acceptors (Lipinski definition) is 4. The molecule has 0 saturated carbocycles. The van der Waals surface area contributed by atoms with Gasteiger partial charge in [-0.1, -0.05) is 0 Å². The molecule has 1 fully saturated rings. The average Bonchev–Trinajstić information content (AvgIpc) is 2.91. The minimum Gasteiger partial charge on any atom is -0.369 e. The quantitative estimate of drug-likeness (QED) is 0.829. The standard InChI is InChI=1S/C20H26N4O2/c1-13-18(15(3)25)14(2)21-19(13)20(26)22-16-5-7-17(8-6-16)24-11-9-23(4)10-12-24/h5-8,21H,9-12H2,1-4H3,(H,22,26). The second-order valence-electron chi connectivity index (χ2n) is 6.97. The third kappa shape index (κ3) is 3.65. The molecule has 2 heterocycles. The Morgan fingerprint density at radius 2 is 1.65 bits per heavy atom. The molecule has 0 aliphatic carbocycles. The number of nitrogens with zero attached hydrogens (tertiary/aromatic N) is 2. The monoisotopic (exact) mass is 354 g/mol. The molecule has 0 atom stereocenters. The molecule has 1 aromatic heterocycles. The first-order valence-electron chi connectivity index (χ1n) is 8.92. The van der Waals surface area contributed by atoms with Gasteiger partial charge >= 0.3 is 0 Å². The van der Waals surface area contributed by atoms with E-state index in [1.165, 1.54) is 12.6 Å². The Balaban J connectivity index is 1.70. The molecule has 1 aliphatic rings. The van der Waals surface area contributed by atoms with Gasteiger partial charge in [0.1, 0.15) is 5.69 Å². The Morgan fingerprint density at radius 1 is 1.04 bits per heavy atom. The van der Waals surface area contributed by atoms with Gasteiger partial charge in [0.05, 0.1) is 0 Å². The van der Waals surface area contributed by atoms with E-state index in [1.54, 1.807) is 6.92 Å². The van der Waals surface area contributed by atoms with E-state index in [1.807, 2.05) is 31.2 Å². The molecular weight excluding hydrogens is 328 g/mol. The summed E-state index contributed by atoms with van der Waals surface area (Å²) in [6.07, 6.45) is 0. The Labute approximate surface area is 154 Å². The summed E-state index contributed by atoms with van der Waals surface area (Å²) in [6.45, 7) is 9.26. The number of aromatic amines is 1. The minimum absolute atomic E-state index is 0.0353. The van der Waals surface area contributed by atoms with E-state index in [4.69, 9.17) is 0 Å². The van der Waals surface area contributed by atoms with Crippen molar-refractivity contribution in [3.8, 4) is 0 Å². The van der Waals surface area contributed by atoms with Crippen LogP contribution < -0.4 is 10.2 Å². The topological polar surface area (TPSA) is 68.4 Å². The molecule has 1 saturated heterocycles. The van der Waals surface area contributed by atoms with Gasteiger partial charge in [-0.3, -0.25) is 9.59 Å². The lowest BCUT2D eigenvalue weighted by molar-refractivity contribution is 0.101. The number of carbonyl (C=O) groups is 2. The van der Waals surface area contributed by atoms with E-state index in [9.17, 15) is 9.59 Å². The summed E-state index contributed by atoms with van der Waals surface area (Å²) in [5.41, 5.74) is 4.37. The fourth-order valence-corrected chi connectivity index (χ4v) is 3.52. The van der Waals surface area contributed by atoms with Crippen LogP contribution >= 0.6 is 0 Å². The number of piperazine rings is 1. The first-order chi connectivity index (χ1) is 12.4. The smallest absolute Gasteiger partial charge is 0.272 e. The van der Waals surface area contributed by atoms with Crippen molar-refractivity contribution in [3.05, 3.63) is 46.8 Å². The van der Waals surface area contributed by atoms with Crippen molar-refractivity contribution in [2.45, 2.75) is 20.8 Å². The van der Waals surface area contributed by atoms with Gasteiger partial charge in [0.15, 0.2) is 5.78 Å². The van der Waals surface area contributed by atoms with E-state index >= 15 is 0 Å². The maximum absolute atomic E-state index is 12.6. The zero-order chi connectivity index (χ0) is 18.8. The highest BCUT2D eigenvalue weighted by atomic mass is 16.2. The molecule has 3 rings (SSSR count). The van der Waals surface area contributed by atoms with Crippen molar-refractivity contribution < 1.29 is 9.59 Å². The molecule has 0 bridgehead atoms. The first kappa shape index (κ1) is 18.2. The molecule has 1 amide bonds. The molecule has 1 aliphatic heterocycles. The zero-order valence-corrected chi connectivity index (χ0v) is 15.8. The molecule has 2 N–H and O–H groups in total. The summed E-state index contributed by atoms with van der Waals surface area (Å²) in [5, 5.41) is 2.91. The van der Waals surface area contributed by atoms with Crippen LogP contribution in [0.25, 0.3) is 0 Å². The van der Waals surface area contributed by atoms with Gasteiger partial charge in [-0.05, 0) is 57.6 Å². The first-order valence-corrected chi connectivity index (χ1v) is 8.92. The maximum Gasteiger partial charge on any atom is 0.272 e. The lowest BCUT2D eigenvalue weighted by atomic mass is 10.1. The Hall–Kier alpha value is -2.60. The van der Waals surface area contributed by atoms with Crippen LogP contribution in [0.4, 0.5) is 11.4 Å². The SMILES string of the molecule is CC(=O)c1c(C)[nH]c(C(=O)Nc2ccc(N3CCN(C)CC3)cc2)c1C. The van der Waals surface area contributed by atoms with Gasteiger partial charge in [-0.15, -0.1) is 0 Å². The molecular formula is C20H26N4O2. The number of benzene rings is 1. The number of carbonyl (C=O) groups excluding carboxylic acids is 2. The third-order valence-corrected chi connectivity index (χ3v) is 5.01. The van der Waals surface area contributed by atoms with Gasteiger partial charge in [-0.2, -0.15) is 0 Å². The molecule has 138 valence electrons. The number of H-pyrrole nitrogens is 1. The lowest BCUT2D eigenvalue weighted by Gasteiger charge is -2.34. The van der Waals surface area contributed by atoms with Crippen molar-refractivity contribution in [2.75, 3.05) is 43.4 Å². The van der Waals surface area contributed by atoms with Gasteiger partial charge in [0, 0.05) is 48.8 Å². The Kier molecular flexibility index (Phi) is 5.13. The van der Waals surface area contributed by atoms with Gasteiger partial charge < -0.3 is 20.1 Å². The number of amides is 1.